The molecule has 1 atom stereocenters. The van der Waals surface area contributed by atoms with Gasteiger partial charge in [-0.3, -0.25) is 0 Å². The summed E-state index contributed by atoms with van der Waals surface area (Å²) in [6, 6.07) is 1.20. The largest absolute Gasteiger partial charge is 0.388 e. The first kappa shape index (κ1) is 10.6. The third kappa shape index (κ3) is 1.37. The second kappa shape index (κ2) is 3.01. The quantitative estimate of drug-likeness (QED) is 0.701. The zero-order chi connectivity index (χ0) is 11.4. The third-order valence-corrected chi connectivity index (χ3v) is 3.15. The maximum Gasteiger partial charge on any atom is 0.132 e. The minimum atomic E-state index is -0.885. The molecule has 0 radical (unpaired) electrons. The van der Waals surface area contributed by atoms with E-state index in [2.05, 4.69) is 0 Å². The number of halogens is 2. The van der Waals surface area contributed by atoms with E-state index in [9.17, 15) is 13.9 Å². The summed E-state index contributed by atoms with van der Waals surface area (Å²) in [6.45, 7) is 5.15. The van der Waals surface area contributed by atoms with Crippen LogP contribution in [0.3, 0.4) is 0 Å². The maximum atomic E-state index is 13.7. The lowest BCUT2D eigenvalue weighted by molar-refractivity contribution is 0.158. The van der Waals surface area contributed by atoms with Crippen LogP contribution in [-0.4, -0.2) is 5.11 Å². The van der Waals surface area contributed by atoms with Gasteiger partial charge in [-0.15, -0.1) is 0 Å². The molecule has 82 valence electrons. The molecule has 0 heterocycles. The highest BCUT2D eigenvalue weighted by atomic mass is 19.1. The van der Waals surface area contributed by atoms with E-state index >= 15 is 0 Å². The summed E-state index contributed by atoms with van der Waals surface area (Å²) in [6.07, 6.45) is -0.510. The molecule has 1 N–H and O–H groups in total. The smallest absolute Gasteiger partial charge is 0.132 e. The molecule has 0 saturated carbocycles. The van der Waals surface area contributed by atoms with E-state index in [-0.39, 0.29) is 11.1 Å². The summed E-state index contributed by atoms with van der Waals surface area (Å²) in [7, 11) is 0. The van der Waals surface area contributed by atoms with E-state index < -0.39 is 23.2 Å². The fourth-order valence-corrected chi connectivity index (χ4v) is 2.46. The Kier molecular flexibility index (Phi) is 2.12. The molecular formula is C12H14F2O. The summed E-state index contributed by atoms with van der Waals surface area (Å²) in [5, 5.41) is 9.74. The minimum absolute atomic E-state index is 0.150. The number of hydrogen-bond acceptors (Lipinski definition) is 1. The third-order valence-electron chi connectivity index (χ3n) is 3.15. The van der Waals surface area contributed by atoms with E-state index in [0.29, 0.717) is 12.0 Å². The molecule has 3 heteroatoms. The molecule has 1 aromatic rings. The van der Waals surface area contributed by atoms with Gasteiger partial charge in [0.15, 0.2) is 0 Å². The minimum Gasteiger partial charge on any atom is -0.388 e. The number of aliphatic hydroxyl groups excluding tert-OH is 1. The van der Waals surface area contributed by atoms with Crippen molar-refractivity contribution < 1.29 is 13.9 Å². The average molecular weight is 212 g/mol. The Morgan fingerprint density at radius 1 is 1.40 bits per heavy atom. The predicted molar refractivity (Wildman–Crippen MR) is 53.7 cm³/mol. The lowest BCUT2D eigenvalue weighted by atomic mass is 9.86. The van der Waals surface area contributed by atoms with Crippen LogP contribution in [0.5, 0.6) is 0 Å². The first-order chi connectivity index (χ1) is 6.84. The number of aliphatic hydroxyl groups is 1. The van der Waals surface area contributed by atoms with Gasteiger partial charge in [-0.1, -0.05) is 13.8 Å². The molecule has 0 aromatic heterocycles. The summed E-state index contributed by atoms with van der Waals surface area (Å²) in [5.74, 6) is -0.880. The molecule has 1 aromatic carbocycles. The van der Waals surface area contributed by atoms with Gasteiger partial charge in [-0.25, -0.2) is 8.78 Å². The van der Waals surface area contributed by atoms with Crippen molar-refractivity contribution in [2.75, 3.05) is 0 Å². The van der Waals surface area contributed by atoms with Crippen LogP contribution < -0.4 is 0 Å². The van der Waals surface area contributed by atoms with Crippen molar-refractivity contribution in [1.29, 1.82) is 0 Å². The maximum absolute atomic E-state index is 13.7. The Morgan fingerprint density at radius 3 is 2.60 bits per heavy atom. The zero-order valence-corrected chi connectivity index (χ0v) is 9.06. The molecule has 15 heavy (non-hydrogen) atoms. The Balaban J connectivity index is 2.78. The molecule has 1 aliphatic carbocycles. The fourth-order valence-electron chi connectivity index (χ4n) is 2.46. The fraction of sp³-hybridized carbons (Fsp3) is 0.500. The normalized spacial score (nSPS) is 22.9. The van der Waals surface area contributed by atoms with Crippen molar-refractivity contribution in [1.82, 2.24) is 0 Å². The standard InChI is InChI=1S/C12H14F2O/c1-6-4-7(13)10-9(11(6)14)8(15)5-12(10,2)3/h4,8,15H,5H2,1-3H3/t8-/m0/s1. The molecule has 2 rings (SSSR count). The second-order valence-corrected chi connectivity index (χ2v) is 4.88. The molecule has 0 aliphatic heterocycles. The van der Waals surface area contributed by atoms with Crippen LogP contribution in [0.15, 0.2) is 6.07 Å². The Labute approximate surface area is 87.7 Å². The highest BCUT2D eigenvalue weighted by Gasteiger charge is 2.40. The Bertz CT molecular complexity index is 424. The molecule has 1 aliphatic rings. The van der Waals surface area contributed by atoms with Crippen molar-refractivity contribution in [2.45, 2.75) is 38.7 Å². The predicted octanol–water partition coefficient (Wildman–Crippen LogP) is 2.99. The summed E-state index contributed by atoms with van der Waals surface area (Å²) in [5.41, 5.74) is 0.242. The number of aryl methyl sites for hydroxylation is 1. The van der Waals surface area contributed by atoms with Crippen LogP contribution in [0.1, 0.15) is 43.1 Å². The van der Waals surface area contributed by atoms with Gasteiger partial charge in [0.2, 0.25) is 0 Å². The van der Waals surface area contributed by atoms with Gasteiger partial charge in [0.25, 0.3) is 0 Å². The summed E-state index contributed by atoms with van der Waals surface area (Å²) in [4.78, 5) is 0. The molecule has 0 amide bonds. The number of hydrogen-bond donors (Lipinski definition) is 1. The van der Waals surface area contributed by atoms with Crippen LogP contribution in [0.25, 0.3) is 0 Å². The van der Waals surface area contributed by atoms with Crippen molar-refractivity contribution in [3.05, 3.63) is 34.4 Å². The van der Waals surface area contributed by atoms with Crippen molar-refractivity contribution in [2.24, 2.45) is 0 Å². The van der Waals surface area contributed by atoms with E-state index in [4.69, 9.17) is 0 Å². The number of benzene rings is 1. The summed E-state index contributed by atoms with van der Waals surface area (Å²) < 4.78 is 27.5. The molecule has 0 bridgehead atoms. The van der Waals surface area contributed by atoms with E-state index in [1.807, 2.05) is 13.8 Å². The highest BCUT2D eigenvalue weighted by molar-refractivity contribution is 5.44. The molecule has 0 spiro atoms. The van der Waals surface area contributed by atoms with E-state index in [1.165, 1.54) is 13.0 Å². The van der Waals surface area contributed by atoms with E-state index in [1.54, 1.807) is 0 Å². The highest BCUT2D eigenvalue weighted by Crippen LogP contribution is 2.47. The summed E-state index contributed by atoms with van der Waals surface area (Å²) >= 11 is 0. The van der Waals surface area contributed by atoms with Gasteiger partial charge >= 0.3 is 0 Å². The first-order valence-corrected chi connectivity index (χ1v) is 5.01. The molecule has 1 nitrogen and oxygen atoms in total. The monoisotopic (exact) mass is 212 g/mol. The second-order valence-electron chi connectivity index (χ2n) is 4.88. The topological polar surface area (TPSA) is 20.2 Å². The first-order valence-electron chi connectivity index (χ1n) is 5.01. The Morgan fingerprint density at radius 2 is 2.00 bits per heavy atom. The van der Waals surface area contributed by atoms with Crippen LogP contribution >= 0.6 is 0 Å². The molecule has 0 fully saturated rings. The lowest BCUT2D eigenvalue weighted by Gasteiger charge is -2.19. The van der Waals surface area contributed by atoms with Crippen LogP contribution in [0.4, 0.5) is 8.78 Å². The zero-order valence-electron chi connectivity index (χ0n) is 9.06. The van der Waals surface area contributed by atoms with Crippen molar-refractivity contribution in [3.8, 4) is 0 Å². The van der Waals surface area contributed by atoms with Gasteiger partial charge in [0, 0.05) is 11.1 Å². The number of fused-ring (bicyclic) bond motifs is 1. The molecule has 0 unspecified atom stereocenters. The van der Waals surface area contributed by atoms with Crippen LogP contribution in [-0.2, 0) is 5.41 Å². The van der Waals surface area contributed by atoms with Crippen LogP contribution in [0, 0.1) is 18.6 Å². The number of rotatable bonds is 0. The Hall–Kier alpha value is -0.960. The molecule has 0 saturated heterocycles. The van der Waals surface area contributed by atoms with E-state index in [0.717, 1.165) is 0 Å². The van der Waals surface area contributed by atoms with Gasteiger partial charge in [0.1, 0.15) is 11.6 Å². The van der Waals surface area contributed by atoms with Crippen LogP contribution in [0.2, 0.25) is 0 Å². The SMILES string of the molecule is Cc1cc(F)c2c(c1F)[C@@H](O)CC2(C)C. The average Bonchev–Trinajstić information content (AvgIpc) is 2.32. The van der Waals surface area contributed by atoms with Gasteiger partial charge in [-0.05, 0) is 30.4 Å². The lowest BCUT2D eigenvalue weighted by Crippen LogP contribution is -2.14. The molecular weight excluding hydrogens is 198 g/mol. The van der Waals surface area contributed by atoms with Crippen molar-refractivity contribution in [3.63, 3.8) is 0 Å². The van der Waals surface area contributed by atoms with Gasteiger partial charge in [0.05, 0.1) is 6.10 Å². The van der Waals surface area contributed by atoms with Gasteiger partial charge in [-0.2, -0.15) is 0 Å². The van der Waals surface area contributed by atoms with Gasteiger partial charge < -0.3 is 5.11 Å². The van der Waals surface area contributed by atoms with Crippen molar-refractivity contribution >= 4 is 0 Å².